The summed E-state index contributed by atoms with van der Waals surface area (Å²) in [5.74, 6) is 1.51. The topological polar surface area (TPSA) is 9.23 Å². The number of allylic oxidation sites excluding steroid dienone is 2. The summed E-state index contributed by atoms with van der Waals surface area (Å²) in [5, 5.41) is 0. The minimum absolute atomic E-state index is 0.675. The van der Waals surface area contributed by atoms with Crippen molar-refractivity contribution in [3.8, 4) is 5.75 Å². The molecule has 0 aliphatic carbocycles. The monoisotopic (exact) mass is 188 g/mol. The largest absolute Gasteiger partial charge is 0.458 e. The van der Waals surface area contributed by atoms with Crippen molar-refractivity contribution in [1.82, 2.24) is 0 Å². The highest BCUT2D eigenvalue weighted by molar-refractivity contribution is 5.29. The van der Waals surface area contributed by atoms with Crippen molar-refractivity contribution < 1.29 is 4.74 Å². The predicted molar refractivity (Wildman–Crippen MR) is 60.4 cm³/mol. The number of benzene rings is 1. The van der Waals surface area contributed by atoms with Gasteiger partial charge in [-0.3, -0.25) is 0 Å². The molecule has 0 saturated carbocycles. The standard InChI is InChI=1S/C13H16O/c1-10(2)9-12(4)14-13-7-5-11(3)6-8-13/h5-9H,4H2,1-3H3. The Bertz CT molecular complexity index is 340. The first-order valence-electron chi connectivity index (χ1n) is 4.66. The van der Waals surface area contributed by atoms with Crippen LogP contribution in [0.25, 0.3) is 0 Å². The van der Waals surface area contributed by atoms with Crippen molar-refractivity contribution in [3.05, 3.63) is 53.8 Å². The molecule has 1 aromatic rings. The lowest BCUT2D eigenvalue weighted by Gasteiger charge is -2.05. The zero-order valence-electron chi connectivity index (χ0n) is 9.00. The first kappa shape index (κ1) is 10.6. The van der Waals surface area contributed by atoms with Gasteiger partial charge in [-0.25, -0.2) is 0 Å². The van der Waals surface area contributed by atoms with Gasteiger partial charge in [0.25, 0.3) is 0 Å². The van der Waals surface area contributed by atoms with Crippen LogP contribution in [-0.2, 0) is 0 Å². The second kappa shape index (κ2) is 4.66. The van der Waals surface area contributed by atoms with Crippen LogP contribution in [0.3, 0.4) is 0 Å². The van der Waals surface area contributed by atoms with Gasteiger partial charge in [0, 0.05) is 0 Å². The zero-order valence-corrected chi connectivity index (χ0v) is 9.00. The molecule has 0 aliphatic rings. The van der Waals surface area contributed by atoms with Gasteiger partial charge in [-0.1, -0.05) is 29.8 Å². The second-order valence-electron chi connectivity index (χ2n) is 3.60. The Morgan fingerprint density at radius 2 is 1.79 bits per heavy atom. The smallest absolute Gasteiger partial charge is 0.127 e. The number of ether oxygens (including phenoxy) is 1. The van der Waals surface area contributed by atoms with Crippen molar-refractivity contribution >= 4 is 0 Å². The average molecular weight is 188 g/mol. The molecule has 14 heavy (non-hydrogen) atoms. The van der Waals surface area contributed by atoms with Gasteiger partial charge in [-0.15, -0.1) is 0 Å². The van der Waals surface area contributed by atoms with E-state index in [1.54, 1.807) is 0 Å². The lowest BCUT2D eigenvalue weighted by molar-refractivity contribution is 0.446. The van der Waals surface area contributed by atoms with Crippen molar-refractivity contribution in [2.75, 3.05) is 0 Å². The van der Waals surface area contributed by atoms with E-state index < -0.39 is 0 Å². The first-order chi connectivity index (χ1) is 6.58. The molecule has 1 heteroatoms. The van der Waals surface area contributed by atoms with Crippen LogP contribution < -0.4 is 4.74 Å². The lowest BCUT2D eigenvalue weighted by Crippen LogP contribution is -1.90. The van der Waals surface area contributed by atoms with E-state index >= 15 is 0 Å². The van der Waals surface area contributed by atoms with E-state index in [1.807, 2.05) is 44.2 Å². The third-order valence-electron chi connectivity index (χ3n) is 1.72. The highest BCUT2D eigenvalue weighted by Gasteiger charge is 1.94. The third-order valence-corrected chi connectivity index (χ3v) is 1.72. The van der Waals surface area contributed by atoms with Crippen LogP contribution in [0.2, 0.25) is 0 Å². The van der Waals surface area contributed by atoms with Crippen molar-refractivity contribution in [1.29, 1.82) is 0 Å². The lowest BCUT2D eigenvalue weighted by atomic mass is 10.2. The van der Waals surface area contributed by atoms with Gasteiger partial charge < -0.3 is 4.74 Å². The molecule has 0 heterocycles. The Hall–Kier alpha value is -1.50. The van der Waals surface area contributed by atoms with E-state index in [0.717, 1.165) is 5.75 Å². The summed E-state index contributed by atoms with van der Waals surface area (Å²) in [4.78, 5) is 0. The maximum Gasteiger partial charge on any atom is 0.127 e. The van der Waals surface area contributed by atoms with Gasteiger partial charge in [0.2, 0.25) is 0 Å². The molecule has 0 radical (unpaired) electrons. The van der Waals surface area contributed by atoms with Crippen LogP contribution in [-0.4, -0.2) is 0 Å². The third kappa shape index (κ3) is 3.48. The summed E-state index contributed by atoms with van der Waals surface area (Å²) in [6, 6.07) is 7.93. The van der Waals surface area contributed by atoms with E-state index in [-0.39, 0.29) is 0 Å². The fraction of sp³-hybridized carbons (Fsp3) is 0.231. The maximum atomic E-state index is 5.51. The first-order valence-corrected chi connectivity index (χ1v) is 4.66. The minimum Gasteiger partial charge on any atom is -0.458 e. The summed E-state index contributed by atoms with van der Waals surface area (Å²) in [6.45, 7) is 9.90. The van der Waals surface area contributed by atoms with Gasteiger partial charge in [0.1, 0.15) is 11.5 Å². The zero-order chi connectivity index (χ0) is 10.6. The maximum absolute atomic E-state index is 5.51. The molecule has 0 amide bonds. The quantitative estimate of drug-likeness (QED) is 0.517. The van der Waals surface area contributed by atoms with Gasteiger partial charge in [0.05, 0.1) is 0 Å². The Labute approximate surface area is 85.7 Å². The van der Waals surface area contributed by atoms with Gasteiger partial charge in [0.15, 0.2) is 0 Å². The number of rotatable bonds is 3. The van der Waals surface area contributed by atoms with E-state index in [4.69, 9.17) is 4.74 Å². The molecule has 1 aromatic carbocycles. The molecular weight excluding hydrogens is 172 g/mol. The molecule has 0 spiro atoms. The second-order valence-corrected chi connectivity index (χ2v) is 3.60. The van der Waals surface area contributed by atoms with Gasteiger partial charge >= 0.3 is 0 Å². The van der Waals surface area contributed by atoms with E-state index in [0.29, 0.717) is 5.76 Å². The summed E-state index contributed by atoms with van der Waals surface area (Å²) in [6.07, 6.45) is 1.92. The van der Waals surface area contributed by atoms with Crippen LogP contribution in [0.15, 0.2) is 48.3 Å². The minimum atomic E-state index is 0.675. The summed E-state index contributed by atoms with van der Waals surface area (Å²) in [5.41, 5.74) is 2.41. The highest BCUT2D eigenvalue weighted by Crippen LogP contribution is 2.15. The Morgan fingerprint density at radius 3 is 2.29 bits per heavy atom. The molecule has 0 unspecified atom stereocenters. The van der Waals surface area contributed by atoms with Crippen molar-refractivity contribution in [2.45, 2.75) is 20.8 Å². The Morgan fingerprint density at radius 1 is 1.21 bits per heavy atom. The Balaban J connectivity index is 2.66. The Kier molecular flexibility index (Phi) is 3.52. The SMILES string of the molecule is C=C(C=C(C)C)Oc1ccc(C)cc1. The van der Waals surface area contributed by atoms with E-state index in [2.05, 4.69) is 13.5 Å². The average Bonchev–Trinajstić information content (AvgIpc) is 2.07. The molecule has 0 N–H and O–H groups in total. The molecular formula is C13H16O. The van der Waals surface area contributed by atoms with Gasteiger partial charge in [-0.05, 0) is 39.0 Å². The van der Waals surface area contributed by atoms with Crippen molar-refractivity contribution in [3.63, 3.8) is 0 Å². The fourth-order valence-electron chi connectivity index (χ4n) is 1.11. The number of hydrogen-bond acceptors (Lipinski definition) is 1. The molecule has 0 aromatic heterocycles. The van der Waals surface area contributed by atoms with Crippen LogP contribution in [0.4, 0.5) is 0 Å². The molecule has 0 bridgehead atoms. The van der Waals surface area contributed by atoms with Crippen molar-refractivity contribution in [2.24, 2.45) is 0 Å². The molecule has 0 fully saturated rings. The molecule has 74 valence electrons. The van der Waals surface area contributed by atoms with Crippen LogP contribution in [0.5, 0.6) is 5.75 Å². The molecule has 0 saturated heterocycles. The molecule has 0 atom stereocenters. The van der Waals surface area contributed by atoms with Gasteiger partial charge in [-0.2, -0.15) is 0 Å². The van der Waals surface area contributed by atoms with Crippen LogP contribution in [0.1, 0.15) is 19.4 Å². The number of aryl methyl sites for hydroxylation is 1. The fourth-order valence-corrected chi connectivity index (χ4v) is 1.11. The summed E-state index contributed by atoms with van der Waals surface area (Å²) >= 11 is 0. The predicted octanol–water partition coefficient (Wildman–Crippen LogP) is 3.85. The highest BCUT2D eigenvalue weighted by atomic mass is 16.5. The summed E-state index contributed by atoms with van der Waals surface area (Å²) in [7, 11) is 0. The van der Waals surface area contributed by atoms with E-state index in [9.17, 15) is 0 Å². The number of hydrogen-bond donors (Lipinski definition) is 0. The van der Waals surface area contributed by atoms with Crippen LogP contribution in [0, 0.1) is 6.92 Å². The summed E-state index contributed by atoms with van der Waals surface area (Å²) < 4.78 is 5.51. The molecule has 0 aliphatic heterocycles. The van der Waals surface area contributed by atoms with E-state index in [1.165, 1.54) is 11.1 Å². The van der Waals surface area contributed by atoms with Crippen LogP contribution >= 0.6 is 0 Å². The molecule has 1 rings (SSSR count). The molecule has 1 nitrogen and oxygen atoms in total. The normalized spacial score (nSPS) is 9.36.